The van der Waals surface area contributed by atoms with Crippen molar-refractivity contribution in [1.29, 1.82) is 0 Å². The van der Waals surface area contributed by atoms with E-state index < -0.39 is 29.1 Å². The summed E-state index contributed by atoms with van der Waals surface area (Å²) in [6.45, 7) is 1.23. The number of ketones is 2. The van der Waals surface area contributed by atoms with Crippen LogP contribution >= 0.6 is 0 Å². The number of esters is 1. The molecule has 2 aromatic rings. The molecule has 1 aliphatic heterocycles. The maximum Gasteiger partial charge on any atom is 0.326 e. The molecule has 1 fully saturated rings. The van der Waals surface area contributed by atoms with Crippen molar-refractivity contribution in [3.63, 3.8) is 0 Å². The van der Waals surface area contributed by atoms with Gasteiger partial charge in [-0.25, -0.2) is 0 Å². The lowest BCUT2D eigenvalue weighted by Crippen LogP contribution is -2.37. The number of Topliss-reactive ketones (excluding diaryl/α,β-unsaturated/α-hetero) is 2. The molecule has 0 N–H and O–H groups in total. The average molecular weight is 294 g/mol. The summed E-state index contributed by atoms with van der Waals surface area (Å²) in [5.41, 5.74) is -0.456. The molecule has 22 heavy (non-hydrogen) atoms. The van der Waals surface area contributed by atoms with E-state index >= 15 is 0 Å². The summed E-state index contributed by atoms with van der Waals surface area (Å²) >= 11 is 0. The lowest BCUT2D eigenvalue weighted by Gasteiger charge is -2.27. The van der Waals surface area contributed by atoms with E-state index in [1.165, 1.54) is 6.92 Å². The molecular weight excluding hydrogens is 280 g/mol. The topological polar surface area (TPSA) is 60.4 Å². The zero-order valence-electron chi connectivity index (χ0n) is 12.0. The van der Waals surface area contributed by atoms with Crippen LogP contribution in [0.3, 0.4) is 0 Å². The van der Waals surface area contributed by atoms with Crippen LogP contribution in [0.4, 0.5) is 0 Å². The average Bonchev–Trinajstić information content (AvgIpc) is 2.81. The second kappa shape index (κ2) is 5.22. The molecule has 0 spiro atoms. The molecule has 1 aliphatic rings. The van der Waals surface area contributed by atoms with Crippen molar-refractivity contribution in [2.75, 3.05) is 0 Å². The van der Waals surface area contributed by atoms with Crippen LogP contribution < -0.4 is 0 Å². The number of hydrogen-bond donors (Lipinski definition) is 0. The van der Waals surface area contributed by atoms with Gasteiger partial charge in [-0.1, -0.05) is 60.7 Å². The van der Waals surface area contributed by atoms with Gasteiger partial charge < -0.3 is 4.74 Å². The zero-order valence-corrected chi connectivity index (χ0v) is 12.0. The molecule has 4 nitrogen and oxygen atoms in total. The summed E-state index contributed by atoms with van der Waals surface area (Å²) in [5, 5.41) is 0. The summed E-state index contributed by atoms with van der Waals surface area (Å²) in [6, 6.07) is 17.6. The Hall–Kier alpha value is -2.75. The largest absolute Gasteiger partial charge is 0.440 e. The van der Waals surface area contributed by atoms with Crippen molar-refractivity contribution >= 4 is 17.5 Å². The smallest absolute Gasteiger partial charge is 0.326 e. The number of cyclic esters (lactones) is 1. The molecule has 3 rings (SSSR count). The highest BCUT2D eigenvalue weighted by molar-refractivity contribution is 6.23. The standard InChI is InChI=1S/C18H14O4/c1-12(19)15-16(20)18(22-17(15)21,13-8-4-2-5-9-13)14-10-6-3-7-11-14/h2-11,15H,1H3. The van der Waals surface area contributed by atoms with Crippen LogP contribution in [0.5, 0.6) is 0 Å². The van der Waals surface area contributed by atoms with Crippen molar-refractivity contribution in [2.24, 2.45) is 5.92 Å². The van der Waals surface area contributed by atoms with Crippen LogP contribution in [0.2, 0.25) is 0 Å². The normalized spacial score (nSPS) is 19.8. The highest BCUT2D eigenvalue weighted by atomic mass is 16.6. The Morgan fingerprint density at radius 1 is 0.909 bits per heavy atom. The predicted molar refractivity (Wildman–Crippen MR) is 78.9 cm³/mol. The molecule has 0 aliphatic carbocycles. The first-order valence-electron chi connectivity index (χ1n) is 6.96. The van der Waals surface area contributed by atoms with Gasteiger partial charge in [-0.2, -0.15) is 0 Å². The van der Waals surface area contributed by atoms with E-state index in [4.69, 9.17) is 4.74 Å². The van der Waals surface area contributed by atoms with E-state index in [2.05, 4.69) is 0 Å². The predicted octanol–water partition coefficient (Wildman–Crippen LogP) is 2.26. The van der Waals surface area contributed by atoms with Crippen molar-refractivity contribution in [3.8, 4) is 0 Å². The molecule has 0 saturated carbocycles. The Morgan fingerprint density at radius 3 is 1.73 bits per heavy atom. The maximum atomic E-state index is 12.9. The third-order valence-electron chi connectivity index (χ3n) is 3.87. The van der Waals surface area contributed by atoms with Crippen molar-refractivity contribution in [1.82, 2.24) is 0 Å². The highest BCUT2D eigenvalue weighted by Crippen LogP contribution is 2.42. The molecule has 1 atom stereocenters. The van der Waals surface area contributed by atoms with Gasteiger partial charge in [0, 0.05) is 11.1 Å². The summed E-state index contributed by atoms with van der Waals surface area (Å²) in [6.07, 6.45) is 0. The van der Waals surface area contributed by atoms with Crippen LogP contribution in [-0.4, -0.2) is 17.5 Å². The molecule has 1 heterocycles. The summed E-state index contributed by atoms with van der Waals surface area (Å²) < 4.78 is 5.50. The van der Waals surface area contributed by atoms with Gasteiger partial charge in [0.05, 0.1) is 0 Å². The summed E-state index contributed by atoms with van der Waals surface area (Å²) in [5.74, 6) is -3.17. The Balaban J connectivity index is 2.25. The zero-order chi connectivity index (χ0) is 15.7. The maximum absolute atomic E-state index is 12.9. The second-order valence-corrected chi connectivity index (χ2v) is 5.24. The first kappa shape index (κ1) is 14.2. The summed E-state index contributed by atoms with van der Waals surface area (Å²) in [4.78, 5) is 36.7. The number of hydrogen-bond acceptors (Lipinski definition) is 4. The van der Waals surface area contributed by atoms with E-state index in [0.717, 1.165) is 0 Å². The van der Waals surface area contributed by atoms with Crippen molar-refractivity contribution in [2.45, 2.75) is 12.5 Å². The van der Waals surface area contributed by atoms with E-state index in [-0.39, 0.29) is 0 Å². The second-order valence-electron chi connectivity index (χ2n) is 5.24. The van der Waals surface area contributed by atoms with Crippen molar-refractivity contribution in [3.05, 3.63) is 71.8 Å². The Morgan fingerprint density at radius 2 is 1.36 bits per heavy atom. The Bertz CT molecular complexity index is 695. The van der Waals surface area contributed by atoms with Gasteiger partial charge in [0.2, 0.25) is 11.4 Å². The number of ether oxygens (including phenoxy) is 1. The molecule has 110 valence electrons. The van der Waals surface area contributed by atoms with Crippen LogP contribution in [-0.2, 0) is 24.7 Å². The Labute approximate surface area is 127 Å². The number of rotatable bonds is 3. The van der Waals surface area contributed by atoms with Crippen molar-refractivity contribution < 1.29 is 19.1 Å². The van der Waals surface area contributed by atoms with Crippen LogP contribution in [0, 0.1) is 5.92 Å². The summed E-state index contributed by atoms with van der Waals surface area (Å²) in [7, 11) is 0. The minimum Gasteiger partial charge on any atom is -0.440 e. The van der Waals surface area contributed by atoms with Gasteiger partial charge in [-0.15, -0.1) is 0 Å². The van der Waals surface area contributed by atoms with Crippen LogP contribution in [0.1, 0.15) is 18.1 Å². The quantitative estimate of drug-likeness (QED) is 0.643. The molecule has 0 bridgehead atoms. The van der Waals surface area contributed by atoms with E-state index in [1.54, 1.807) is 48.5 Å². The van der Waals surface area contributed by atoms with Gasteiger partial charge in [0.1, 0.15) is 0 Å². The SMILES string of the molecule is CC(=O)C1C(=O)OC(c2ccccc2)(c2ccccc2)C1=O. The fourth-order valence-electron chi connectivity index (χ4n) is 2.84. The molecule has 1 saturated heterocycles. The third kappa shape index (κ3) is 1.96. The monoisotopic (exact) mass is 294 g/mol. The minimum absolute atomic E-state index is 0.497. The van der Waals surface area contributed by atoms with Gasteiger partial charge in [0.25, 0.3) is 0 Å². The fraction of sp³-hybridized carbons (Fsp3) is 0.167. The highest BCUT2D eigenvalue weighted by Gasteiger charge is 2.58. The first-order chi connectivity index (χ1) is 10.6. The molecule has 4 heteroatoms. The number of benzene rings is 2. The Kier molecular flexibility index (Phi) is 3.37. The first-order valence-corrected chi connectivity index (χ1v) is 6.96. The minimum atomic E-state index is -1.55. The number of carbonyl (C=O) groups is 3. The molecule has 0 aromatic heterocycles. The van der Waals surface area contributed by atoms with Gasteiger partial charge in [-0.3, -0.25) is 14.4 Å². The molecular formula is C18H14O4. The molecule has 0 amide bonds. The van der Waals surface area contributed by atoms with Gasteiger partial charge in [0.15, 0.2) is 11.7 Å². The lowest BCUT2D eigenvalue weighted by atomic mass is 9.79. The van der Waals surface area contributed by atoms with Gasteiger partial charge >= 0.3 is 5.97 Å². The van der Waals surface area contributed by atoms with Gasteiger partial charge in [-0.05, 0) is 6.92 Å². The van der Waals surface area contributed by atoms with Crippen LogP contribution in [0.15, 0.2) is 60.7 Å². The van der Waals surface area contributed by atoms with E-state index in [9.17, 15) is 14.4 Å². The fourth-order valence-corrected chi connectivity index (χ4v) is 2.84. The molecule has 2 aromatic carbocycles. The van der Waals surface area contributed by atoms with Crippen LogP contribution in [0.25, 0.3) is 0 Å². The molecule has 0 radical (unpaired) electrons. The third-order valence-corrected chi connectivity index (χ3v) is 3.87. The lowest BCUT2D eigenvalue weighted by molar-refractivity contribution is -0.151. The van der Waals surface area contributed by atoms with E-state index in [1.807, 2.05) is 12.1 Å². The molecule has 1 unspecified atom stereocenters. The number of carbonyl (C=O) groups excluding carboxylic acids is 3. The van der Waals surface area contributed by atoms with E-state index in [0.29, 0.717) is 11.1 Å².